The molecule has 0 fully saturated rings. The van der Waals surface area contributed by atoms with Crippen molar-refractivity contribution in [2.75, 3.05) is 0 Å². The van der Waals surface area contributed by atoms with Gasteiger partial charge < -0.3 is 5.32 Å². The Morgan fingerprint density at radius 1 is 1.53 bits per heavy atom. The van der Waals surface area contributed by atoms with Gasteiger partial charge in [-0.1, -0.05) is 11.6 Å². The highest BCUT2D eigenvalue weighted by Crippen LogP contribution is 2.12. The number of rotatable bonds is 4. The number of halogens is 1. The maximum atomic E-state index is 12.0. The molecule has 0 aliphatic rings. The van der Waals surface area contributed by atoms with Crippen LogP contribution in [0.2, 0.25) is 5.15 Å². The van der Waals surface area contributed by atoms with Gasteiger partial charge >= 0.3 is 0 Å². The van der Waals surface area contributed by atoms with E-state index >= 15 is 0 Å². The molecule has 0 unspecified atom stereocenters. The van der Waals surface area contributed by atoms with Gasteiger partial charge in [-0.2, -0.15) is 5.10 Å². The zero-order chi connectivity index (χ0) is 13.8. The molecule has 2 rings (SSSR count). The predicted molar refractivity (Wildman–Crippen MR) is 73.1 cm³/mol. The first-order valence-corrected chi connectivity index (χ1v) is 6.41. The largest absolute Gasteiger partial charge is 0.348 e. The zero-order valence-corrected chi connectivity index (χ0v) is 11.6. The molecule has 0 saturated heterocycles. The molecule has 1 N–H and O–H groups in total. The lowest BCUT2D eigenvalue weighted by molar-refractivity contribution is 0.0950. The Kier molecular flexibility index (Phi) is 4.16. The van der Waals surface area contributed by atoms with Crippen LogP contribution in [0.25, 0.3) is 0 Å². The lowest BCUT2D eigenvalue weighted by Gasteiger charge is -2.05. The minimum absolute atomic E-state index is 0.209. The summed E-state index contributed by atoms with van der Waals surface area (Å²) in [4.78, 5) is 15.8. The molecule has 2 heterocycles. The van der Waals surface area contributed by atoms with Gasteiger partial charge in [-0.15, -0.1) is 0 Å². The number of aromatic nitrogens is 3. The van der Waals surface area contributed by atoms with Gasteiger partial charge in [-0.25, -0.2) is 4.98 Å². The van der Waals surface area contributed by atoms with E-state index in [4.69, 9.17) is 11.6 Å². The third kappa shape index (κ3) is 3.12. The molecule has 100 valence electrons. The summed E-state index contributed by atoms with van der Waals surface area (Å²) in [5.41, 5.74) is 2.29. The summed E-state index contributed by atoms with van der Waals surface area (Å²) in [5, 5.41) is 7.35. The lowest BCUT2D eigenvalue weighted by atomic mass is 10.2. The first-order valence-electron chi connectivity index (χ1n) is 6.03. The Labute approximate surface area is 116 Å². The van der Waals surface area contributed by atoms with Crippen LogP contribution in [-0.4, -0.2) is 20.7 Å². The molecule has 19 heavy (non-hydrogen) atoms. The molecule has 0 aliphatic heterocycles. The number of amides is 1. The molecular weight excluding hydrogens is 264 g/mol. The van der Waals surface area contributed by atoms with Crippen LogP contribution >= 0.6 is 11.6 Å². The van der Waals surface area contributed by atoms with Gasteiger partial charge in [0.05, 0.1) is 11.3 Å². The van der Waals surface area contributed by atoms with Crippen molar-refractivity contribution in [1.82, 2.24) is 20.1 Å². The SMILES string of the molecule is CCn1cc(CNC(=O)c2cccnc2Cl)c(C)n1. The summed E-state index contributed by atoms with van der Waals surface area (Å²) in [6.45, 7) is 5.17. The highest BCUT2D eigenvalue weighted by Gasteiger charge is 2.11. The molecule has 0 spiro atoms. The smallest absolute Gasteiger partial charge is 0.254 e. The highest BCUT2D eigenvalue weighted by molar-refractivity contribution is 6.32. The van der Waals surface area contributed by atoms with E-state index in [1.165, 1.54) is 0 Å². The van der Waals surface area contributed by atoms with Crippen LogP contribution < -0.4 is 5.32 Å². The van der Waals surface area contributed by atoms with E-state index in [1.807, 2.05) is 24.7 Å². The second-order valence-electron chi connectivity index (χ2n) is 4.12. The number of pyridine rings is 1. The van der Waals surface area contributed by atoms with E-state index in [-0.39, 0.29) is 11.1 Å². The molecule has 0 radical (unpaired) electrons. The first kappa shape index (κ1) is 13.5. The highest BCUT2D eigenvalue weighted by atomic mass is 35.5. The van der Waals surface area contributed by atoms with Gasteiger partial charge in [-0.05, 0) is 26.0 Å². The maximum Gasteiger partial charge on any atom is 0.254 e. The van der Waals surface area contributed by atoms with Crippen molar-refractivity contribution in [1.29, 1.82) is 0 Å². The molecular formula is C13H15ClN4O. The molecule has 0 atom stereocenters. The number of hydrogen-bond acceptors (Lipinski definition) is 3. The van der Waals surface area contributed by atoms with Crippen LogP contribution in [0.5, 0.6) is 0 Å². The molecule has 0 aromatic carbocycles. The summed E-state index contributed by atoms with van der Waals surface area (Å²) in [5.74, 6) is -0.234. The maximum absolute atomic E-state index is 12.0. The second kappa shape index (κ2) is 5.84. The van der Waals surface area contributed by atoms with Crippen LogP contribution in [0.4, 0.5) is 0 Å². The fourth-order valence-corrected chi connectivity index (χ4v) is 1.93. The molecule has 2 aromatic rings. The predicted octanol–water partition coefficient (Wildman–Crippen LogP) is 2.19. The van der Waals surface area contributed by atoms with Crippen LogP contribution in [0.15, 0.2) is 24.5 Å². The zero-order valence-electron chi connectivity index (χ0n) is 10.9. The second-order valence-corrected chi connectivity index (χ2v) is 4.48. The first-order chi connectivity index (χ1) is 9.11. The number of carbonyl (C=O) groups excluding carboxylic acids is 1. The average molecular weight is 279 g/mol. The van der Waals surface area contributed by atoms with E-state index in [9.17, 15) is 4.79 Å². The van der Waals surface area contributed by atoms with Crippen LogP contribution in [0.3, 0.4) is 0 Å². The van der Waals surface area contributed by atoms with Gasteiger partial charge in [0.25, 0.3) is 5.91 Å². The van der Waals surface area contributed by atoms with Gasteiger partial charge in [0.1, 0.15) is 5.15 Å². The van der Waals surface area contributed by atoms with E-state index in [2.05, 4.69) is 15.4 Å². The van der Waals surface area contributed by atoms with E-state index in [0.29, 0.717) is 12.1 Å². The fraction of sp³-hybridized carbons (Fsp3) is 0.308. The Morgan fingerprint density at radius 2 is 2.32 bits per heavy atom. The van der Waals surface area contributed by atoms with Crippen molar-refractivity contribution in [3.05, 3.63) is 46.5 Å². The van der Waals surface area contributed by atoms with Gasteiger partial charge in [0.15, 0.2) is 0 Å². The minimum atomic E-state index is -0.234. The molecule has 0 saturated carbocycles. The van der Waals surface area contributed by atoms with Crippen LogP contribution in [0, 0.1) is 6.92 Å². The third-order valence-electron chi connectivity index (χ3n) is 2.82. The van der Waals surface area contributed by atoms with E-state index < -0.39 is 0 Å². The normalized spacial score (nSPS) is 10.5. The molecule has 0 bridgehead atoms. The van der Waals surface area contributed by atoms with Crippen molar-refractivity contribution < 1.29 is 4.79 Å². The van der Waals surface area contributed by atoms with Gasteiger partial charge in [-0.3, -0.25) is 9.48 Å². The number of aryl methyl sites for hydroxylation is 2. The Morgan fingerprint density at radius 3 is 2.95 bits per heavy atom. The summed E-state index contributed by atoms with van der Waals surface area (Å²) in [7, 11) is 0. The Bertz CT molecular complexity index is 594. The summed E-state index contributed by atoms with van der Waals surface area (Å²) in [6.07, 6.45) is 3.48. The minimum Gasteiger partial charge on any atom is -0.348 e. The summed E-state index contributed by atoms with van der Waals surface area (Å²) >= 11 is 5.87. The summed E-state index contributed by atoms with van der Waals surface area (Å²) in [6, 6.07) is 3.33. The van der Waals surface area contributed by atoms with Crippen LogP contribution in [0.1, 0.15) is 28.5 Å². The molecule has 1 amide bonds. The molecule has 5 nitrogen and oxygen atoms in total. The number of nitrogens with one attached hydrogen (secondary N) is 1. The molecule has 0 aliphatic carbocycles. The van der Waals surface area contributed by atoms with E-state index in [1.54, 1.807) is 18.3 Å². The van der Waals surface area contributed by atoms with Gasteiger partial charge in [0, 0.05) is 31.0 Å². The van der Waals surface area contributed by atoms with Crippen molar-refractivity contribution in [3.63, 3.8) is 0 Å². The third-order valence-corrected chi connectivity index (χ3v) is 3.12. The van der Waals surface area contributed by atoms with Crippen molar-refractivity contribution in [2.45, 2.75) is 26.9 Å². The number of carbonyl (C=O) groups is 1. The van der Waals surface area contributed by atoms with Gasteiger partial charge in [0.2, 0.25) is 0 Å². The van der Waals surface area contributed by atoms with Crippen molar-refractivity contribution in [2.24, 2.45) is 0 Å². The van der Waals surface area contributed by atoms with E-state index in [0.717, 1.165) is 17.8 Å². The monoisotopic (exact) mass is 278 g/mol. The average Bonchev–Trinajstić information content (AvgIpc) is 2.77. The molecule has 2 aromatic heterocycles. The Hall–Kier alpha value is -1.88. The number of nitrogens with zero attached hydrogens (tertiary/aromatic N) is 3. The lowest BCUT2D eigenvalue weighted by Crippen LogP contribution is -2.23. The Balaban J connectivity index is 2.04. The topological polar surface area (TPSA) is 59.8 Å². The molecule has 6 heteroatoms. The van der Waals surface area contributed by atoms with Crippen molar-refractivity contribution in [3.8, 4) is 0 Å². The van der Waals surface area contributed by atoms with Crippen LogP contribution in [-0.2, 0) is 13.1 Å². The quantitative estimate of drug-likeness (QED) is 0.872. The summed E-state index contributed by atoms with van der Waals surface area (Å²) < 4.78 is 1.84. The number of hydrogen-bond donors (Lipinski definition) is 1. The van der Waals surface area contributed by atoms with Crippen molar-refractivity contribution >= 4 is 17.5 Å². The standard InChI is InChI=1S/C13H15ClN4O/c1-3-18-8-10(9(2)17-18)7-16-13(19)11-5-4-6-15-12(11)14/h4-6,8H,3,7H2,1-2H3,(H,16,19). The fourth-order valence-electron chi connectivity index (χ4n) is 1.72.